The second kappa shape index (κ2) is 7.96. The molecular weight excluding hydrogens is 407 g/mol. The normalized spacial score (nSPS) is 17.9. The van der Waals surface area contributed by atoms with Crippen LogP contribution in [0.4, 0.5) is 24.7 Å². The summed E-state index contributed by atoms with van der Waals surface area (Å²) in [5.74, 6) is 0.457. The molecule has 0 amide bonds. The molecule has 6 nitrogen and oxygen atoms in total. The van der Waals surface area contributed by atoms with Crippen LogP contribution in [0.2, 0.25) is 0 Å². The van der Waals surface area contributed by atoms with E-state index in [0.29, 0.717) is 35.6 Å². The van der Waals surface area contributed by atoms with Crippen molar-refractivity contribution in [3.05, 3.63) is 52.8 Å². The maximum absolute atomic E-state index is 13.1. The van der Waals surface area contributed by atoms with Crippen molar-refractivity contribution in [1.82, 2.24) is 15.2 Å². The number of aromatic nitrogens is 3. The minimum Gasteiger partial charge on any atom is -0.391 e. The second-order valence-corrected chi connectivity index (χ2v) is 8.00. The Balaban J connectivity index is 1.71. The highest BCUT2D eigenvalue weighted by atomic mass is 19.4. The van der Waals surface area contributed by atoms with Crippen LogP contribution < -0.4 is 10.2 Å². The average Bonchev–Trinajstić information content (AvgIpc) is 3.15. The lowest BCUT2D eigenvalue weighted by Crippen LogP contribution is -2.22. The van der Waals surface area contributed by atoms with Gasteiger partial charge < -0.3 is 15.3 Å². The first-order valence-corrected chi connectivity index (χ1v) is 10.1. The van der Waals surface area contributed by atoms with Crippen LogP contribution in [0.25, 0.3) is 10.9 Å². The van der Waals surface area contributed by atoms with E-state index in [1.165, 1.54) is 6.07 Å². The number of benzene rings is 1. The number of halogens is 3. The highest BCUT2D eigenvalue weighted by Crippen LogP contribution is 2.34. The maximum atomic E-state index is 13.1. The summed E-state index contributed by atoms with van der Waals surface area (Å²) < 4.78 is 39.3. The van der Waals surface area contributed by atoms with E-state index >= 15 is 0 Å². The molecule has 4 rings (SSSR count). The van der Waals surface area contributed by atoms with Crippen LogP contribution in [0.15, 0.2) is 30.3 Å². The van der Waals surface area contributed by atoms with Gasteiger partial charge in [0.1, 0.15) is 0 Å². The zero-order valence-electron chi connectivity index (χ0n) is 17.5. The Morgan fingerprint density at radius 1 is 1.16 bits per heavy atom. The molecule has 0 saturated carbocycles. The molecule has 0 radical (unpaired) electrons. The van der Waals surface area contributed by atoms with E-state index in [-0.39, 0.29) is 6.10 Å². The first kappa shape index (κ1) is 21.3. The van der Waals surface area contributed by atoms with E-state index in [2.05, 4.69) is 20.4 Å². The third-order valence-corrected chi connectivity index (χ3v) is 5.66. The van der Waals surface area contributed by atoms with Crippen molar-refractivity contribution in [1.29, 1.82) is 0 Å². The van der Waals surface area contributed by atoms with Crippen molar-refractivity contribution in [3.8, 4) is 0 Å². The number of hydrogen-bond acceptors (Lipinski definition) is 6. The Morgan fingerprint density at radius 2 is 1.94 bits per heavy atom. The number of nitrogens with zero attached hydrogens (tertiary/aromatic N) is 4. The van der Waals surface area contributed by atoms with Gasteiger partial charge in [-0.25, -0.2) is 4.98 Å². The number of nitrogens with one attached hydrogen (secondary N) is 1. The first-order valence-electron chi connectivity index (χ1n) is 10.1. The van der Waals surface area contributed by atoms with Crippen molar-refractivity contribution in [2.75, 3.05) is 23.3 Å². The molecule has 1 aliphatic rings. The van der Waals surface area contributed by atoms with Gasteiger partial charge >= 0.3 is 6.18 Å². The smallest absolute Gasteiger partial charge is 0.391 e. The van der Waals surface area contributed by atoms with Gasteiger partial charge in [-0.2, -0.15) is 18.3 Å². The number of anilines is 2. The predicted octanol–water partition coefficient (Wildman–Crippen LogP) is 4.40. The molecule has 31 heavy (non-hydrogen) atoms. The van der Waals surface area contributed by atoms with E-state index in [1.54, 1.807) is 13.0 Å². The summed E-state index contributed by atoms with van der Waals surface area (Å²) in [6.07, 6.45) is -4.07. The molecule has 0 bridgehead atoms. The number of aliphatic hydroxyl groups is 1. The lowest BCUT2D eigenvalue weighted by molar-refractivity contribution is -0.137. The van der Waals surface area contributed by atoms with Crippen LogP contribution in [0.1, 0.15) is 41.9 Å². The van der Waals surface area contributed by atoms with E-state index in [4.69, 9.17) is 4.98 Å². The molecule has 1 fully saturated rings. The molecule has 1 saturated heterocycles. The number of alkyl halides is 3. The number of hydrogen-bond donors (Lipinski definition) is 2. The monoisotopic (exact) mass is 431 g/mol. The molecule has 2 N–H and O–H groups in total. The van der Waals surface area contributed by atoms with Gasteiger partial charge in [0.2, 0.25) is 0 Å². The van der Waals surface area contributed by atoms with Crippen molar-refractivity contribution >= 4 is 22.4 Å². The second-order valence-electron chi connectivity index (χ2n) is 8.00. The fourth-order valence-electron chi connectivity index (χ4n) is 3.94. The van der Waals surface area contributed by atoms with Crippen LogP contribution in [0, 0.1) is 13.8 Å². The van der Waals surface area contributed by atoms with Crippen LogP contribution in [-0.2, 0) is 6.18 Å². The molecule has 9 heteroatoms. The summed E-state index contributed by atoms with van der Waals surface area (Å²) in [4.78, 5) is 6.80. The van der Waals surface area contributed by atoms with Crippen molar-refractivity contribution in [3.63, 3.8) is 0 Å². The predicted molar refractivity (Wildman–Crippen MR) is 113 cm³/mol. The van der Waals surface area contributed by atoms with Gasteiger partial charge in [-0.05, 0) is 51.0 Å². The van der Waals surface area contributed by atoms with E-state index < -0.39 is 17.8 Å². The highest BCUT2D eigenvalue weighted by Gasteiger charge is 2.31. The van der Waals surface area contributed by atoms with Gasteiger partial charge in [0.05, 0.1) is 40.3 Å². The third kappa shape index (κ3) is 4.27. The van der Waals surface area contributed by atoms with E-state index in [1.807, 2.05) is 19.9 Å². The Hall–Kier alpha value is -2.94. The topological polar surface area (TPSA) is 74.2 Å². The van der Waals surface area contributed by atoms with Crippen LogP contribution >= 0.6 is 0 Å². The minimum atomic E-state index is -4.40. The molecule has 2 atom stereocenters. The van der Waals surface area contributed by atoms with Crippen molar-refractivity contribution in [2.45, 2.75) is 45.5 Å². The fourth-order valence-corrected chi connectivity index (χ4v) is 3.94. The Morgan fingerprint density at radius 3 is 2.61 bits per heavy atom. The summed E-state index contributed by atoms with van der Waals surface area (Å²) in [6, 6.07) is 6.79. The van der Waals surface area contributed by atoms with Gasteiger partial charge in [-0.3, -0.25) is 0 Å². The molecule has 0 aliphatic carbocycles. The number of pyridine rings is 1. The summed E-state index contributed by atoms with van der Waals surface area (Å²) in [6.45, 7) is 6.78. The summed E-state index contributed by atoms with van der Waals surface area (Å²) >= 11 is 0. The maximum Gasteiger partial charge on any atom is 0.416 e. The SMILES string of the molecule is Cc1nc2c(C)nnc(N[C@H](C)c3cccc(C(F)(F)F)c3)c2cc1N1CC[C@H](O)C1. The number of aryl methyl sites for hydroxylation is 2. The summed E-state index contributed by atoms with van der Waals surface area (Å²) in [5, 5.41) is 22.3. The van der Waals surface area contributed by atoms with Gasteiger partial charge in [0, 0.05) is 18.5 Å². The zero-order chi connectivity index (χ0) is 22.3. The highest BCUT2D eigenvalue weighted by molar-refractivity contribution is 5.93. The number of β-amino-alcohol motifs (C(OH)–C–C–N with tert-alkyl or cyclic N) is 1. The Kier molecular flexibility index (Phi) is 5.47. The standard InChI is InChI=1S/C22H24F3N5O/c1-12(15-5-4-6-16(9-15)22(23,24)25)27-21-18-10-19(30-8-7-17(31)11-30)13(2)26-20(18)14(3)28-29-21/h4-6,9-10,12,17,31H,7-8,11H2,1-3H3,(H,27,29)/t12-,17+/m1/s1. The van der Waals surface area contributed by atoms with Gasteiger partial charge in [0.15, 0.2) is 5.82 Å². The molecule has 3 heterocycles. The zero-order valence-corrected chi connectivity index (χ0v) is 17.5. The fraction of sp³-hybridized carbons (Fsp3) is 0.409. The minimum absolute atomic E-state index is 0.370. The quantitative estimate of drug-likeness (QED) is 0.638. The Labute approximate surface area is 178 Å². The first-order chi connectivity index (χ1) is 14.6. The lowest BCUT2D eigenvalue weighted by Gasteiger charge is -2.22. The van der Waals surface area contributed by atoms with Crippen LogP contribution in [0.3, 0.4) is 0 Å². The van der Waals surface area contributed by atoms with E-state index in [9.17, 15) is 18.3 Å². The molecule has 2 aromatic heterocycles. The summed E-state index contributed by atoms with van der Waals surface area (Å²) in [5.41, 5.74) is 2.90. The molecular formula is C22H24F3N5O. The molecule has 1 aromatic carbocycles. The van der Waals surface area contributed by atoms with Crippen LogP contribution in [0.5, 0.6) is 0 Å². The Bertz CT molecular complexity index is 1120. The van der Waals surface area contributed by atoms with Gasteiger partial charge in [-0.15, -0.1) is 5.10 Å². The van der Waals surface area contributed by atoms with Crippen LogP contribution in [-0.4, -0.2) is 39.5 Å². The largest absolute Gasteiger partial charge is 0.416 e. The number of aliphatic hydroxyl groups excluding tert-OH is 1. The van der Waals surface area contributed by atoms with Gasteiger partial charge in [0.25, 0.3) is 0 Å². The van der Waals surface area contributed by atoms with Gasteiger partial charge in [-0.1, -0.05) is 12.1 Å². The molecule has 0 unspecified atom stereocenters. The molecule has 1 aliphatic heterocycles. The number of rotatable bonds is 4. The summed E-state index contributed by atoms with van der Waals surface area (Å²) in [7, 11) is 0. The molecule has 0 spiro atoms. The third-order valence-electron chi connectivity index (χ3n) is 5.66. The van der Waals surface area contributed by atoms with E-state index in [0.717, 1.165) is 35.4 Å². The lowest BCUT2D eigenvalue weighted by atomic mass is 10.0. The number of fused-ring (bicyclic) bond motifs is 1. The van der Waals surface area contributed by atoms with Crippen molar-refractivity contribution < 1.29 is 18.3 Å². The molecule has 164 valence electrons. The van der Waals surface area contributed by atoms with Crippen molar-refractivity contribution in [2.24, 2.45) is 0 Å². The molecule has 3 aromatic rings. The average molecular weight is 431 g/mol.